The van der Waals surface area contributed by atoms with Gasteiger partial charge in [0.2, 0.25) is 0 Å². The van der Waals surface area contributed by atoms with E-state index in [0.29, 0.717) is 5.92 Å². The van der Waals surface area contributed by atoms with Gasteiger partial charge in [0.05, 0.1) is 0 Å². The molecule has 0 aliphatic carbocycles. The van der Waals surface area contributed by atoms with Crippen LogP contribution in [0.5, 0.6) is 0 Å². The minimum Gasteiger partial charge on any atom is -0.364 e. The monoisotopic (exact) mass is 158 g/mol. The molecule has 0 radical (unpaired) electrons. The van der Waals surface area contributed by atoms with Gasteiger partial charge in [0, 0.05) is 10.6 Å². The van der Waals surface area contributed by atoms with Gasteiger partial charge in [0.1, 0.15) is 5.50 Å². The maximum Gasteiger partial charge on any atom is 0.127 e. The zero-order valence-corrected chi connectivity index (χ0v) is 7.46. The molecule has 0 aromatic rings. The Labute approximate surface area is 66.2 Å². The number of rotatable bonds is 1. The first-order valence-corrected chi connectivity index (χ1v) is 4.38. The smallest absolute Gasteiger partial charge is 0.127 e. The molecule has 0 aromatic heterocycles. The second-order valence-electron chi connectivity index (χ2n) is 2.83. The largest absolute Gasteiger partial charge is 0.364 e. The van der Waals surface area contributed by atoms with Gasteiger partial charge in [-0.1, -0.05) is 25.6 Å². The van der Waals surface area contributed by atoms with Crippen LogP contribution in [0.25, 0.3) is 0 Å². The molecule has 1 heterocycles. The average molecular weight is 158 g/mol. The lowest BCUT2D eigenvalue weighted by molar-refractivity contribution is 0.763. The highest BCUT2D eigenvalue weighted by atomic mass is 32.2. The number of hydrogen-bond donors (Lipinski definition) is 2. The Bertz CT molecular complexity index is 163. The van der Waals surface area contributed by atoms with E-state index in [0.717, 1.165) is 0 Å². The van der Waals surface area contributed by atoms with Crippen LogP contribution < -0.4 is 11.1 Å². The second kappa shape index (κ2) is 2.84. The van der Waals surface area contributed by atoms with Gasteiger partial charge in [0.15, 0.2) is 0 Å². The number of thioether (sulfide) groups is 1. The third kappa shape index (κ3) is 1.47. The Hall–Kier alpha value is -0.150. The number of hydrogen-bond acceptors (Lipinski definition) is 3. The Morgan fingerprint density at radius 2 is 2.20 bits per heavy atom. The van der Waals surface area contributed by atoms with Gasteiger partial charge in [-0.05, 0) is 12.8 Å². The summed E-state index contributed by atoms with van der Waals surface area (Å²) in [5.41, 5.74) is 6.99. The van der Waals surface area contributed by atoms with Crippen molar-refractivity contribution in [2.75, 3.05) is 0 Å². The lowest BCUT2D eigenvalue weighted by Gasteiger charge is -2.04. The summed E-state index contributed by atoms with van der Waals surface area (Å²) in [4.78, 5) is 1.40. The molecule has 1 rings (SSSR count). The molecule has 1 aliphatic heterocycles. The van der Waals surface area contributed by atoms with Crippen molar-refractivity contribution in [1.29, 1.82) is 0 Å². The molecule has 10 heavy (non-hydrogen) atoms. The fourth-order valence-corrected chi connectivity index (χ4v) is 2.13. The van der Waals surface area contributed by atoms with E-state index in [1.807, 2.05) is 0 Å². The second-order valence-corrected chi connectivity index (χ2v) is 4.01. The predicted molar refractivity (Wildman–Crippen MR) is 46.2 cm³/mol. The Morgan fingerprint density at radius 1 is 1.60 bits per heavy atom. The predicted octanol–water partition coefficient (Wildman–Crippen LogP) is 1.45. The zero-order valence-electron chi connectivity index (χ0n) is 6.64. The van der Waals surface area contributed by atoms with Crippen molar-refractivity contribution in [3.05, 3.63) is 10.6 Å². The Kier molecular flexibility index (Phi) is 2.26. The molecule has 0 saturated heterocycles. The van der Waals surface area contributed by atoms with Crippen LogP contribution >= 0.6 is 11.8 Å². The molecule has 1 atom stereocenters. The standard InChI is InChI=1S/C7H14N2S/c1-4(2)6-5(3)9-7(8)10-6/h4,7,9H,8H2,1-3H3. The lowest BCUT2D eigenvalue weighted by atomic mass is 10.2. The number of nitrogens with two attached hydrogens (primary N) is 1. The van der Waals surface area contributed by atoms with Crippen LogP contribution in [0.2, 0.25) is 0 Å². The van der Waals surface area contributed by atoms with Crippen LogP contribution in [0, 0.1) is 5.92 Å². The van der Waals surface area contributed by atoms with E-state index in [1.165, 1.54) is 10.6 Å². The zero-order chi connectivity index (χ0) is 7.72. The van der Waals surface area contributed by atoms with Crippen molar-refractivity contribution in [3.63, 3.8) is 0 Å². The van der Waals surface area contributed by atoms with E-state index in [9.17, 15) is 0 Å². The van der Waals surface area contributed by atoms with Gasteiger partial charge in [-0.3, -0.25) is 0 Å². The van der Waals surface area contributed by atoms with Crippen molar-refractivity contribution in [3.8, 4) is 0 Å². The van der Waals surface area contributed by atoms with Crippen LogP contribution in [-0.2, 0) is 0 Å². The van der Waals surface area contributed by atoms with Crippen molar-refractivity contribution < 1.29 is 0 Å². The average Bonchev–Trinajstić information content (AvgIpc) is 2.10. The van der Waals surface area contributed by atoms with Crippen molar-refractivity contribution in [2.45, 2.75) is 26.3 Å². The highest BCUT2D eigenvalue weighted by Gasteiger charge is 2.19. The topological polar surface area (TPSA) is 38.0 Å². The molecule has 3 heteroatoms. The van der Waals surface area contributed by atoms with Gasteiger partial charge in [0.25, 0.3) is 0 Å². The van der Waals surface area contributed by atoms with Crippen LogP contribution in [-0.4, -0.2) is 5.50 Å². The fraction of sp³-hybridized carbons (Fsp3) is 0.714. The summed E-state index contributed by atoms with van der Waals surface area (Å²) in [6, 6.07) is 0. The third-order valence-electron chi connectivity index (χ3n) is 1.51. The van der Waals surface area contributed by atoms with Crippen LogP contribution in [0.3, 0.4) is 0 Å². The van der Waals surface area contributed by atoms with Crippen molar-refractivity contribution >= 4 is 11.8 Å². The van der Waals surface area contributed by atoms with E-state index in [4.69, 9.17) is 5.73 Å². The molecular weight excluding hydrogens is 144 g/mol. The lowest BCUT2D eigenvalue weighted by Crippen LogP contribution is -2.28. The first-order valence-electron chi connectivity index (χ1n) is 3.51. The number of allylic oxidation sites excluding steroid dienone is 2. The molecule has 1 aliphatic rings. The van der Waals surface area contributed by atoms with Crippen LogP contribution in [0.1, 0.15) is 20.8 Å². The number of nitrogens with one attached hydrogen (secondary N) is 1. The summed E-state index contributed by atoms with van der Waals surface area (Å²) >= 11 is 1.73. The van der Waals surface area contributed by atoms with E-state index in [1.54, 1.807) is 11.8 Å². The first kappa shape index (κ1) is 7.95. The van der Waals surface area contributed by atoms with Gasteiger partial charge < -0.3 is 11.1 Å². The molecule has 3 N–H and O–H groups in total. The van der Waals surface area contributed by atoms with Gasteiger partial charge in [-0.15, -0.1) is 0 Å². The van der Waals surface area contributed by atoms with E-state index >= 15 is 0 Å². The summed E-state index contributed by atoms with van der Waals surface area (Å²) in [6.45, 7) is 6.45. The van der Waals surface area contributed by atoms with E-state index in [-0.39, 0.29) is 5.50 Å². The van der Waals surface area contributed by atoms with E-state index < -0.39 is 0 Å². The molecule has 2 nitrogen and oxygen atoms in total. The summed E-state index contributed by atoms with van der Waals surface area (Å²) in [6.07, 6.45) is 0. The van der Waals surface area contributed by atoms with E-state index in [2.05, 4.69) is 26.1 Å². The normalized spacial score (nSPS) is 25.9. The molecule has 0 saturated carbocycles. The third-order valence-corrected chi connectivity index (χ3v) is 2.91. The van der Waals surface area contributed by atoms with Gasteiger partial charge >= 0.3 is 0 Å². The Morgan fingerprint density at radius 3 is 2.40 bits per heavy atom. The molecule has 0 bridgehead atoms. The van der Waals surface area contributed by atoms with Gasteiger partial charge in [-0.2, -0.15) is 0 Å². The van der Waals surface area contributed by atoms with Crippen molar-refractivity contribution in [2.24, 2.45) is 11.7 Å². The van der Waals surface area contributed by atoms with Crippen LogP contribution in [0.4, 0.5) is 0 Å². The molecule has 0 aromatic carbocycles. The Balaban J connectivity index is 2.66. The molecular formula is C7H14N2S. The highest BCUT2D eigenvalue weighted by molar-refractivity contribution is 8.03. The molecule has 0 amide bonds. The maximum absolute atomic E-state index is 5.66. The highest BCUT2D eigenvalue weighted by Crippen LogP contribution is 2.32. The minimum atomic E-state index is 0.0809. The molecule has 0 fully saturated rings. The molecule has 58 valence electrons. The summed E-state index contributed by atoms with van der Waals surface area (Å²) < 4.78 is 0. The summed E-state index contributed by atoms with van der Waals surface area (Å²) in [5.74, 6) is 0.603. The molecule has 0 spiro atoms. The summed E-state index contributed by atoms with van der Waals surface area (Å²) in [7, 11) is 0. The van der Waals surface area contributed by atoms with Crippen molar-refractivity contribution in [1.82, 2.24) is 5.32 Å². The maximum atomic E-state index is 5.66. The molecule has 1 unspecified atom stereocenters. The SMILES string of the molecule is CC1=C(C(C)C)SC(N)N1. The van der Waals surface area contributed by atoms with Gasteiger partial charge in [-0.25, -0.2) is 0 Å². The summed E-state index contributed by atoms with van der Waals surface area (Å²) in [5, 5.41) is 3.17. The van der Waals surface area contributed by atoms with Crippen LogP contribution in [0.15, 0.2) is 10.6 Å². The minimum absolute atomic E-state index is 0.0809. The fourth-order valence-electron chi connectivity index (χ4n) is 1.11. The first-order chi connectivity index (χ1) is 4.61. The quantitative estimate of drug-likeness (QED) is 0.606.